The summed E-state index contributed by atoms with van der Waals surface area (Å²) in [5.74, 6) is 1.64. The Balaban J connectivity index is 2.15. The molecule has 0 saturated carbocycles. The lowest BCUT2D eigenvalue weighted by molar-refractivity contribution is 0.101. The summed E-state index contributed by atoms with van der Waals surface area (Å²) in [6, 6.07) is 7.41. The lowest BCUT2D eigenvalue weighted by Gasteiger charge is -2.13. The van der Waals surface area contributed by atoms with Crippen LogP contribution in [0.2, 0.25) is 0 Å². The molecule has 0 fully saturated rings. The van der Waals surface area contributed by atoms with Crippen LogP contribution < -0.4 is 10.5 Å². The topological polar surface area (TPSA) is 105 Å². The van der Waals surface area contributed by atoms with Gasteiger partial charge in [0, 0.05) is 6.42 Å². The van der Waals surface area contributed by atoms with Gasteiger partial charge in [0.1, 0.15) is 11.6 Å². The van der Waals surface area contributed by atoms with E-state index in [1.807, 2.05) is 30.5 Å². The van der Waals surface area contributed by atoms with Crippen LogP contribution in [0.25, 0.3) is 0 Å². The number of primary amides is 1. The number of carbonyl (C=O) groups excluding carboxylic acids is 1. The van der Waals surface area contributed by atoms with E-state index in [0.29, 0.717) is 18.1 Å². The van der Waals surface area contributed by atoms with Crippen LogP contribution in [-0.4, -0.2) is 39.7 Å². The zero-order valence-electron chi connectivity index (χ0n) is 12.3. The number of carbonyl (C=O) groups is 1. The molecule has 0 aliphatic rings. The molecule has 0 aliphatic carbocycles. The van der Waals surface area contributed by atoms with Crippen LogP contribution >= 0.6 is 11.8 Å². The number of aromatic nitrogens is 4. The van der Waals surface area contributed by atoms with Crippen LogP contribution in [0.15, 0.2) is 24.3 Å². The van der Waals surface area contributed by atoms with E-state index in [4.69, 9.17) is 15.2 Å². The number of tetrazole rings is 1. The SMILES string of the molecule is COc1ccc(C[C@H](OC(N)=O)c2nnn(CSC)n2)cc1. The van der Waals surface area contributed by atoms with Crippen molar-refractivity contribution in [3.63, 3.8) is 0 Å². The molecule has 0 spiro atoms. The minimum absolute atomic E-state index is 0.323. The third-order valence-electron chi connectivity index (χ3n) is 2.84. The molecule has 0 aliphatic heterocycles. The van der Waals surface area contributed by atoms with E-state index in [2.05, 4.69) is 15.4 Å². The van der Waals surface area contributed by atoms with Crippen molar-refractivity contribution in [3.8, 4) is 5.75 Å². The largest absolute Gasteiger partial charge is 0.497 e. The van der Waals surface area contributed by atoms with E-state index in [-0.39, 0.29) is 0 Å². The van der Waals surface area contributed by atoms with Crippen LogP contribution in [0.4, 0.5) is 4.79 Å². The van der Waals surface area contributed by atoms with Gasteiger partial charge < -0.3 is 15.2 Å². The fourth-order valence-electron chi connectivity index (χ4n) is 1.86. The van der Waals surface area contributed by atoms with E-state index in [1.54, 1.807) is 18.9 Å². The normalized spacial score (nSPS) is 11.9. The molecule has 2 N–H and O–H groups in total. The van der Waals surface area contributed by atoms with Crippen LogP contribution in [0.1, 0.15) is 17.5 Å². The molecule has 22 heavy (non-hydrogen) atoms. The van der Waals surface area contributed by atoms with Crippen molar-refractivity contribution in [3.05, 3.63) is 35.7 Å². The van der Waals surface area contributed by atoms with E-state index in [9.17, 15) is 4.79 Å². The van der Waals surface area contributed by atoms with Crippen molar-refractivity contribution in [2.24, 2.45) is 5.73 Å². The summed E-state index contributed by atoms with van der Waals surface area (Å²) in [6.45, 7) is 0. The van der Waals surface area contributed by atoms with E-state index >= 15 is 0 Å². The molecule has 1 amide bonds. The van der Waals surface area contributed by atoms with Gasteiger partial charge in [0.25, 0.3) is 0 Å². The second-order valence-electron chi connectivity index (χ2n) is 4.42. The number of hydrogen-bond acceptors (Lipinski definition) is 7. The zero-order valence-corrected chi connectivity index (χ0v) is 13.1. The van der Waals surface area contributed by atoms with Crippen LogP contribution in [0.5, 0.6) is 5.75 Å². The maximum Gasteiger partial charge on any atom is 0.405 e. The number of rotatable bonds is 7. The lowest BCUT2D eigenvalue weighted by atomic mass is 10.1. The number of nitrogens with two attached hydrogens (primary N) is 1. The van der Waals surface area contributed by atoms with Crippen molar-refractivity contribution >= 4 is 17.9 Å². The Kier molecular flexibility index (Phi) is 5.59. The number of benzene rings is 1. The summed E-state index contributed by atoms with van der Waals surface area (Å²) in [6.07, 6.45) is 0.775. The van der Waals surface area contributed by atoms with Crippen molar-refractivity contribution in [1.82, 2.24) is 20.2 Å². The Morgan fingerprint density at radius 2 is 2.14 bits per heavy atom. The fraction of sp³-hybridized carbons (Fsp3) is 0.385. The van der Waals surface area contributed by atoms with E-state index < -0.39 is 12.2 Å². The highest BCUT2D eigenvalue weighted by atomic mass is 32.2. The van der Waals surface area contributed by atoms with Crippen molar-refractivity contribution in [2.45, 2.75) is 18.4 Å². The summed E-state index contributed by atoms with van der Waals surface area (Å²) in [7, 11) is 1.60. The molecule has 0 unspecified atom stereocenters. The molecule has 1 heterocycles. The molecule has 0 bridgehead atoms. The van der Waals surface area contributed by atoms with Gasteiger partial charge >= 0.3 is 6.09 Å². The molecule has 9 heteroatoms. The molecule has 118 valence electrons. The number of methoxy groups -OCH3 is 1. The highest BCUT2D eigenvalue weighted by Gasteiger charge is 2.21. The first-order chi connectivity index (χ1) is 10.6. The van der Waals surface area contributed by atoms with E-state index in [0.717, 1.165) is 11.3 Å². The monoisotopic (exact) mass is 323 g/mol. The number of amides is 1. The highest BCUT2D eigenvalue weighted by Crippen LogP contribution is 2.21. The lowest BCUT2D eigenvalue weighted by Crippen LogP contribution is -2.20. The molecule has 1 atom stereocenters. The van der Waals surface area contributed by atoms with Gasteiger partial charge in [0.2, 0.25) is 5.82 Å². The van der Waals surface area contributed by atoms with Gasteiger partial charge in [-0.25, -0.2) is 4.79 Å². The third-order valence-corrected chi connectivity index (χ3v) is 3.33. The Morgan fingerprint density at radius 3 is 2.73 bits per heavy atom. The average Bonchev–Trinajstić information content (AvgIpc) is 2.96. The average molecular weight is 323 g/mol. The van der Waals surface area contributed by atoms with Gasteiger partial charge in [-0.1, -0.05) is 12.1 Å². The summed E-state index contributed by atoms with van der Waals surface area (Å²) in [4.78, 5) is 12.5. The molecule has 8 nitrogen and oxygen atoms in total. The number of ether oxygens (including phenoxy) is 2. The van der Waals surface area contributed by atoms with Crippen LogP contribution in [0.3, 0.4) is 0 Å². The summed E-state index contributed by atoms with van der Waals surface area (Å²) in [5, 5.41) is 12.0. The Hall–Kier alpha value is -2.29. The minimum Gasteiger partial charge on any atom is -0.497 e. The Labute approximate surface area is 132 Å². The molecule has 0 saturated heterocycles. The van der Waals surface area contributed by atoms with Gasteiger partial charge in [0.15, 0.2) is 6.10 Å². The molecular formula is C13H17N5O3S. The highest BCUT2D eigenvalue weighted by molar-refractivity contribution is 7.97. The molecular weight excluding hydrogens is 306 g/mol. The smallest absolute Gasteiger partial charge is 0.405 e. The van der Waals surface area contributed by atoms with Gasteiger partial charge in [0.05, 0.1) is 7.11 Å². The predicted octanol–water partition coefficient (Wildman–Crippen LogP) is 1.38. The standard InChI is InChI=1S/C13H17N5O3S/c1-20-10-5-3-9(4-6-10)7-11(21-13(14)19)12-15-17-18(16-12)8-22-2/h3-6,11H,7-8H2,1-2H3,(H2,14,19)/t11-/m0/s1. The first kappa shape index (κ1) is 16.1. The van der Waals surface area contributed by atoms with Crippen molar-refractivity contribution in [2.75, 3.05) is 13.4 Å². The maximum atomic E-state index is 11.1. The molecule has 1 aromatic carbocycles. The minimum atomic E-state index is -0.875. The Morgan fingerprint density at radius 1 is 1.41 bits per heavy atom. The first-order valence-electron chi connectivity index (χ1n) is 6.48. The quantitative estimate of drug-likeness (QED) is 0.820. The molecule has 0 radical (unpaired) electrons. The fourth-order valence-corrected chi connectivity index (χ4v) is 2.20. The van der Waals surface area contributed by atoms with Gasteiger partial charge in [-0.2, -0.15) is 4.80 Å². The van der Waals surface area contributed by atoms with Gasteiger partial charge in [-0.3, -0.25) is 0 Å². The number of thioether (sulfide) groups is 1. The first-order valence-corrected chi connectivity index (χ1v) is 7.87. The van der Waals surface area contributed by atoms with Crippen molar-refractivity contribution in [1.29, 1.82) is 0 Å². The second kappa shape index (κ2) is 7.64. The number of nitrogens with zero attached hydrogens (tertiary/aromatic N) is 4. The molecule has 2 rings (SSSR count). The predicted molar refractivity (Wildman–Crippen MR) is 81.4 cm³/mol. The second-order valence-corrected chi connectivity index (χ2v) is 5.25. The number of hydrogen-bond donors (Lipinski definition) is 1. The molecule has 2 aromatic rings. The summed E-state index contributed by atoms with van der Waals surface area (Å²) in [5.41, 5.74) is 6.07. The van der Waals surface area contributed by atoms with Crippen molar-refractivity contribution < 1.29 is 14.3 Å². The summed E-state index contributed by atoms with van der Waals surface area (Å²) >= 11 is 1.55. The van der Waals surface area contributed by atoms with Crippen LogP contribution in [0, 0.1) is 0 Å². The third kappa shape index (κ3) is 4.35. The summed E-state index contributed by atoms with van der Waals surface area (Å²) < 4.78 is 10.2. The van der Waals surface area contributed by atoms with Crippen LogP contribution in [-0.2, 0) is 17.0 Å². The zero-order chi connectivity index (χ0) is 15.9. The van der Waals surface area contributed by atoms with Gasteiger partial charge in [-0.05, 0) is 29.2 Å². The molecule has 1 aromatic heterocycles. The maximum absolute atomic E-state index is 11.1. The Bertz CT molecular complexity index is 616. The van der Waals surface area contributed by atoms with Gasteiger partial charge in [-0.15, -0.1) is 22.0 Å². The van der Waals surface area contributed by atoms with E-state index in [1.165, 1.54) is 4.80 Å².